The number of hydrogen-bond donors (Lipinski definition) is 1. The molecule has 0 saturated carbocycles. The van der Waals surface area contributed by atoms with E-state index in [0.29, 0.717) is 5.88 Å². The molecule has 6 heteroatoms. The van der Waals surface area contributed by atoms with Gasteiger partial charge in [-0.05, 0) is 30.9 Å². The van der Waals surface area contributed by atoms with Crippen molar-refractivity contribution in [3.63, 3.8) is 0 Å². The summed E-state index contributed by atoms with van der Waals surface area (Å²) in [5.41, 5.74) is 5.80. The van der Waals surface area contributed by atoms with Crippen LogP contribution in [0.15, 0.2) is 35.2 Å². The zero-order valence-corrected chi connectivity index (χ0v) is 13.4. The monoisotopic (exact) mass is 317 g/mol. The second-order valence-electron chi connectivity index (χ2n) is 4.42. The second kappa shape index (κ2) is 5.91. The van der Waals surface area contributed by atoms with Crippen LogP contribution in [-0.2, 0) is 6.42 Å². The fourth-order valence-electron chi connectivity index (χ4n) is 2.02. The van der Waals surface area contributed by atoms with Crippen LogP contribution in [0.5, 0.6) is 11.6 Å². The maximum absolute atomic E-state index is 6.01. The molecule has 2 heterocycles. The summed E-state index contributed by atoms with van der Waals surface area (Å²) in [6, 6.07) is 9.97. The van der Waals surface area contributed by atoms with Crippen molar-refractivity contribution in [2.75, 3.05) is 12.0 Å². The number of thioether (sulfide) groups is 1. The average Bonchev–Trinajstić information content (AvgIpc) is 2.91. The quantitative estimate of drug-likeness (QED) is 0.725. The summed E-state index contributed by atoms with van der Waals surface area (Å²) < 4.78 is 6.01. The summed E-state index contributed by atoms with van der Waals surface area (Å²) >= 11 is 3.27. The molecule has 4 nitrogen and oxygen atoms in total. The summed E-state index contributed by atoms with van der Waals surface area (Å²) in [6.07, 6.45) is 2.98. The minimum absolute atomic E-state index is 0.239. The predicted octanol–water partition coefficient (Wildman–Crippen LogP) is 4.35. The number of anilines is 1. The lowest BCUT2D eigenvalue weighted by atomic mass is 10.3. The van der Waals surface area contributed by atoms with Gasteiger partial charge in [0.25, 0.3) is 0 Å². The Hall–Kier alpha value is -1.79. The van der Waals surface area contributed by atoms with Crippen LogP contribution < -0.4 is 10.5 Å². The highest BCUT2D eigenvalue weighted by molar-refractivity contribution is 7.98. The number of nitrogens with two attached hydrogens (primary N) is 1. The molecule has 1 aromatic carbocycles. The maximum Gasteiger partial charge on any atom is 0.232 e. The molecule has 0 spiro atoms. The van der Waals surface area contributed by atoms with Gasteiger partial charge in [0, 0.05) is 9.77 Å². The third-order valence-corrected chi connectivity index (χ3v) is 5.00. The lowest BCUT2D eigenvalue weighted by molar-refractivity contribution is 0.458. The van der Waals surface area contributed by atoms with E-state index >= 15 is 0 Å². The molecule has 3 aromatic rings. The third-order valence-electron chi connectivity index (χ3n) is 3.05. The van der Waals surface area contributed by atoms with Crippen molar-refractivity contribution in [1.82, 2.24) is 9.97 Å². The summed E-state index contributed by atoms with van der Waals surface area (Å²) in [4.78, 5) is 11.7. The molecule has 0 radical (unpaired) electrons. The average molecular weight is 317 g/mol. The molecule has 0 aliphatic rings. The Morgan fingerprint density at radius 1 is 1.29 bits per heavy atom. The van der Waals surface area contributed by atoms with Gasteiger partial charge in [-0.2, -0.15) is 4.98 Å². The van der Waals surface area contributed by atoms with Gasteiger partial charge in [0.05, 0.1) is 5.39 Å². The molecule has 21 heavy (non-hydrogen) atoms. The van der Waals surface area contributed by atoms with Crippen LogP contribution in [0, 0.1) is 0 Å². The van der Waals surface area contributed by atoms with Crippen molar-refractivity contribution >= 4 is 39.3 Å². The number of ether oxygens (including phenoxy) is 1. The number of para-hydroxylation sites is 1. The van der Waals surface area contributed by atoms with Gasteiger partial charge < -0.3 is 10.5 Å². The van der Waals surface area contributed by atoms with E-state index in [2.05, 4.69) is 23.0 Å². The van der Waals surface area contributed by atoms with Crippen LogP contribution in [0.1, 0.15) is 11.8 Å². The molecule has 2 aromatic heterocycles. The summed E-state index contributed by atoms with van der Waals surface area (Å²) in [5.74, 6) is 1.55. The maximum atomic E-state index is 6.01. The van der Waals surface area contributed by atoms with Gasteiger partial charge in [0.1, 0.15) is 10.6 Å². The van der Waals surface area contributed by atoms with E-state index < -0.39 is 0 Å². The van der Waals surface area contributed by atoms with Crippen molar-refractivity contribution in [2.45, 2.75) is 18.2 Å². The number of thiophene rings is 1. The molecule has 108 valence electrons. The number of nitrogen functional groups attached to an aromatic ring is 1. The Labute approximate surface area is 131 Å². The molecule has 2 N–H and O–H groups in total. The smallest absolute Gasteiger partial charge is 0.232 e. The van der Waals surface area contributed by atoms with Crippen molar-refractivity contribution < 1.29 is 4.74 Å². The topological polar surface area (TPSA) is 61.0 Å². The van der Waals surface area contributed by atoms with E-state index in [1.807, 2.05) is 30.5 Å². The van der Waals surface area contributed by atoms with E-state index in [1.54, 1.807) is 23.1 Å². The SMILES string of the molecule is CCc1cc2c(Oc3ccccc3SC)nc(N)nc2s1. The van der Waals surface area contributed by atoms with E-state index in [-0.39, 0.29) is 5.95 Å². The molecule has 0 aliphatic heterocycles. The lowest BCUT2D eigenvalue weighted by Crippen LogP contribution is -1.97. The number of aryl methyl sites for hydroxylation is 1. The highest BCUT2D eigenvalue weighted by Crippen LogP contribution is 2.36. The first-order chi connectivity index (χ1) is 10.2. The number of nitrogens with zero attached hydrogens (tertiary/aromatic N) is 2. The summed E-state index contributed by atoms with van der Waals surface area (Å²) in [7, 11) is 0. The molecule has 0 unspecified atom stereocenters. The molecule has 0 amide bonds. The van der Waals surface area contributed by atoms with Crippen molar-refractivity contribution in [3.05, 3.63) is 35.2 Å². The van der Waals surface area contributed by atoms with E-state index in [4.69, 9.17) is 10.5 Å². The molecular formula is C15H15N3OS2. The van der Waals surface area contributed by atoms with E-state index in [0.717, 1.165) is 27.3 Å². The molecule has 0 aliphatic carbocycles. The first kappa shape index (κ1) is 14.2. The zero-order valence-electron chi connectivity index (χ0n) is 11.8. The van der Waals surface area contributed by atoms with Crippen LogP contribution in [0.3, 0.4) is 0 Å². The molecule has 0 bridgehead atoms. The Bertz CT molecular complexity index is 786. The van der Waals surface area contributed by atoms with Crippen LogP contribution in [0.2, 0.25) is 0 Å². The van der Waals surface area contributed by atoms with Gasteiger partial charge in [-0.25, -0.2) is 4.98 Å². The normalized spacial score (nSPS) is 11.0. The van der Waals surface area contributed by atoms with Crippen LogP contribution in [0.4, 0.5) is 5.95 Å². The molecule has 0 fully saturated rings. The number of hydrogen-bond acceptors (Lipinski definition) is 6. The van der Waals surface area contributed by atoms with Gasteiger partial charge in [-0.3, -0.25) is 0 Å². The number of rotatable bonds is 4. The Morgan fingerprint density at radius 2 is 2.10 bits per heavy atom. The van der Waals surface area contributed by atoms with Crippen molar-refractivity contribution in [3.8, 4) is 11.6 Å². The standard InChI is InChI=1S/C15H15N3OS2/c1-3-9-8-10-13(17-15(16)18-14(10)21-9)19-11-6-4-5-7-12(11)20-2/h4-8H,3H2,1-2H3,(H2,16,17,18). The fourth-order valence-corrected chi connectivity index (χ4v) is 3.51. The highest BCUT2D eigenvalue weighted by atomic mass is 32.2. The van der Waals surface area contributed by atoms with Gasteiger partial charge in [0.15, 0.2) is 0 Å². The number of fused-ring (bicyclic) bond motifs is 1. The molecule has 0 atom stereocenters. The number of aromatic nitrogens is 2. The first-order valence-electron chi connectivity index (χ1n) is 6.58. The van der Waals surface area contributed by atoms with Gasteiger partial charge >= 0.3 is 0 Å². The Balaban J connectivity index is 2.09. The minimum Gasteiger partial charge on any atom is -0.437 e. The number of benzene rings is 1. The third kappa shape index (κ3) is 2.82. The Morgan fingerprint density at radius 3 is 2.86 bits per heavy atom. The lowest BCUT2D eigenvalue weighted by Gasteiger charge is -2.09. The molecular weight excluding hydrogens is 302 g/mol. The predicted molar refractivity (Wildman–Crippen MR) is 89.5 cm³/mol. The van der Waals surface area contributed by atoms with Gasteiger partial charge in [-0.1, -0.05) is 19.1 Å². The van der Waals surface area contributed by atoms with Gasteiger partial charge in [0.2, 0.25) is 11.8 Å². The van der Waals surface area contributed by atoms with Crippen molar-refractivity contribution in [1.29, 1.82) is 0 Å². The minimum atomic E-state index is 0.239. The molecule has 0 saturated heterocycles. The van der Waals surface area contributed by atoms with Crippen LogP contribution >= 0.6 is 23.1 Å². The van der Waals surface area contributed by atoms with Gasteiger partial charge in [-0.15, -0.1) is 23.1 Å². The fraction of sp³-hybridized carbons (Fsp3) is 0.200. The van der Waals surface area contributed by atoms with Crippen LogP contribution in [-0.4, -0.2) is 16.2 Å². The first-order valence-corrected chi connectivity index (χ1v) is 8.62. The van der Waals surface area contributed by atoms with Crippen molar-refractivity contribution in [2.24, 2.45) is 0 Å². The summed E-state index contributed by atoms with van der Waals surface area (Å²) in [6.45, 7) is 2.12. The van der Waals surface area contributed by atoms with E-state index in [9.17, 15) is 0 Å². The highest BCUT2D eigenvalue weighted by Gasteiger charge is 2.13. The van der Waals surface area contributed by atoms with Crippen LogP contribution in [0.25, 0.3) is 10.2 Å². The molecule has 3 rings (SSSR count). The largest absolute Gasteiger partial charge is 0.437 e. The second-order valence-corrected chi connectivity index (χ2v) is 6.39. The summed E-state index contributed by atoms with van der Waals surface area (Å²) in [5, 5.41) is 0.918. The zero-order chi connectivity index (χ0) is 14.8. The Kier molecular flexibility index (Phi) is 3.98. The van der Waals surface area contributed by atoms with E-state index in [1.165, 1.54) is 4.88 Å².